The quantitative estimate of drug-likeness (QED) is 0.783. The maximum Gasteiger partial charge on any atom is 0.127 e. The van der Waals surface area contributed by atoms with Crippen molar-refractivity contribution < 1.29 is 4.74 Å². The molecule has 2 nitrogen and oxygen atoms in total. The molecular weight excluding hydrogens is 314 g/mol. The molecule has 0 heterocycles. The zero-order valence-electron chi connectivity index (χ0n) is 12.6. The first-order valence-corrected chi connectivity index (χ1v) is 8.21. The second kappa shape index (κ2) is 7.28. The number of nitrogens with one attached hydrogen (secondary N) is 1. The van der Waals surface area contributed by atoms with Crippen molar-refractivity contribution >= 4 is 15.9 Å². The van der Waals surface area contributed by atoms with Crippen LogP contribution < -0.4 is 10.1 Å². The number of aryl methyl sites for hydroxylation is 1. The van der Waals surface area contributed by atoms with E-state index >= 15 is 0 Å². The summed E-state index contributed by atoms with van der Waals surface area (Å²) in [5.41, 5.74) is 2.42. The fourth-order valence-corrected chi connectivity index (χ4v) is 3.06. The number of benzene rings is 1. The van der Waals surface area contributed by atoms with E-state index in [1.807, 2.05) is 0 Å². The minimum absolute atomic E-state index is 0.224. The lowest BCUT2D eigenvalue weighted by Gasteiger charge is -2.23. The Labute approximate surface area is 130 Å². The monoisotopic (exact) mass is 337 g/mol. The highest BCUT2D eigenvalue weighted by Gasteiger charge is 2.15. The first kappa shape index (κ1) is 15.6. The van der Waals surface area contributed by atoms with E-state index in [1.54, 1.807) is 0 Å². The Morgan fingerprint density at radius 2 is 2.20 bits per heavy atom. The summed E-state index contributed by atoms with van der Waals surface area (Å²) in [6.45, 7) is 7.28. The summed E-state index contributed by atoms with van der Waals surface area (Å²) >= 11 is 3.58. The molecule has 110 valence electrons. The lowest BCUT2D eigenvalue weighted by molar-refractivity contribution is 0.225. The molecule has 1 N–H and O–H groups in total. The molecule has 0 amide bonds. The van der Waals surface area contributed by atoms with Gasteiger partial charge in [0.1, 0.15) is 11.9 Å². The zero-order chi connectivity index (χ0) is 14.5. The van der Waals surface area contributed by atoms with Crippen LogP contribution in [0, 0.1) is 6.92 Å². The highest BCUT2D eigenvalue weighted by Crippen LogP contribution is 2.30. The average molecular weight is 338 g/mol. The molecule has 0 saturated heterocycles. The Hall–Kier alpha value is -0.800. The second-order valence-electron chi connectivity index (χ2n) is 5.76. The molecular formula is C17H24BrNO. The van der Waals surface area contributed by atoms with Crippen molar-refractivity contribution in [2.45, 2.75) is 58.7 Å². The third kappa shape index (κ3) is 4.35. The predicted molar refractivity (Wildman–Crippen MR) is 88.3 cm³/mol. The fraction of sp³-hybridized carbons (Fsp3) is 0.529. The molecule has 2 rings (SSSR count). The highest BCUT2D eigenvalue weighted by molar-refractivity contribution is 9.10. The fourth-order valence-electron chi connectivity index (χ4n) is 2.44. The molecule has 1 unspecified atom stereocenters. The molecule has 0 radical (unpaired) electrons. The maximum atomic E-state index is 6.26. The number of hydrogen-bond acceptors (Lipinski definition) is 2. The van der Waals surface area contributed by atoms with Gasteiger partial charge >= 0.3 is 0 Å². The van der Waals surface area contributed by atoms with Crippen molar-refractivity contribution in [2.75, 3.05) is 0 Å². The van der Waals surface area contributed by atoms with Crippen LogP contribution in [0.3, 0.4) is 0 Å². The molecule has 3 heteroatoms. The number of hydrogen-bond donors (Lipinski definition) is 1. The van der Waals surface area contributed by atoms with Gasteiger partial charge in [-0.25, -0.2) is 0 Å². The lowest BCUT2D eigenvalue weighted by atomic mass is 10.0. The molecule has 0 aliphatic heterocycles. The van der Waals surface area contributed by atoms with Crippen molar-refractivity contribution in [3.05, 3.63) is 39.9 Å². The van der Waals surface area contributed by atoms with Crippen LogP contribution in [-0.4, -0.2) is 12.1 Å². The highest BCUT2D eigenvalue weighted by atomic mass is 79.9. The molecule has 0 saturated carbocycles. The Morgan fingerprint density at radius 3 is 2.85 bits per heavy atom. The summed E-state index contributed by atoms with van der Waals surface area (Å²) in [5.74, 6) is 1.04. The molecule has 1 atom stereocenters. The van der Waals surface area contributed by atoms with Gasteiger partial charge in [0.05, 0.1) is 0 Å². The molecule has 0 fully saturated rings. The van der Waals surface area contributed by atoms with Gasteiger partial charge in [0.25, 0.3) is 0 Å². The Kier molecular flexibility index (Phi) is 5.67. The van der Waals surface area contributed by atoms with Crippen LogP contribution in [0.15, 0.2) is 28.8 Å². The summed E-state index contributed by atoms with van der Waals surface area (Å²) in [6.07, 6.45) is 8.17. The lowest BCUT2D eigenvalue weighted by Crippen LogP contribution is -2.23. The van der Waals surface area contributed by atoms with E-state index in [9.17, 15) is 0 Å². The molecule has 1 aliphatic rings. The van der Waals surface area contributed by atoms with Crippen molar-refractivity contribution in [1.82, 2.24) is 5.32 Å². The van der Waals surface area contributed by atoms with E-state index in [-0.39, 0.29) is 6.10 Å². The summed E-state index contributed by atoms with van der Waals surface area (Å²) < 4.78 is 7.37. The second-order valence-corrected chi connectivity index (χ2v) is 6.68. The van der Waals surface area contributed by atoms with Crippen molar-refractivity contribution in [2.24, 2.45) is 0 Å². The van der Waals surface area contributed by atoms with E-state index in [1.165, 1.54) is 24.0 Å². The van der Waals surface area contributed by atoms with Gasteiger partial charge in [-0.05, 0) is 50.0 Å². The van der Waals surface area contributed by atoms with E-state index in [0.29, 0.717) is 6.04 Å². The van der Waals surface area contributed by atoms with Crippen molar-refractivity contribution in [3.63, 3.8) is 0 Å². The number of halogens is 1. The van der Waals surface area contributed by atoms with Gasteiger partial charge in [-0.1, -0.05) is 35.9 Å². The van der Waals surface area contributed by atoms with Gasteiger partial charge in [-0.15, -0.1) is 0 Å². The van der Waals surface area contributed by atoms with Crippen LogP contribution in [0.25, 0.3) is 0 Å². The van der Waals surface area contributed by atoms with E-state index in [0.717, 1.165) is 23.2 Å². The number of ether oxygens (including phenoxy) is 1. The Balaban J connectivity index is 2.19. The van der Waals surface area contributed by atoms with Crippen LogP contribution >= 0.6 is 15.9 Å². The van der Waals surface area contributed by atoms with Crippen molar-refractivity contribution in [3.8, 4) is 5.75 Å². The van der Waals surface area contributed by atoms with E-state index < -0.39 is 0 Å². The number of rotatable bonds is 5. The van der Waals surface area contributed by atoms with Gasteiger partial charge in [-0.3, -0.25) is 0 Å². The molecule has 1 aromatic carbocycles. The smallest absolute Gasteiger partial charge is 0.127 e. The van der Waals surface area contributed by atoms with Gasteiger partial charge in [0.15, 0.2) is 0 Å². The molecule has 0 bridgehead atoms. The summed E-state index contributed by atoms with van der Waals surface area (Å²) in [5, 5.41) is 3.48. The SMILES string of the molecule is Cc1cc(Br)cc(CNC(C)C)c1OC1C=CCCC1. The average Bonchev–Trinajstić information content (AvgIpc) is 2.41. The summed E-state index contributed by atoms with van der Waals surface area (Å²) in [6, 6.07) is 4.75. The Morgan fingerprint density at radius 1 is 1.40 bits per heavy atom. The normalized spacial score (nSPS) is 18.6. The van der Waals surface area contributed by atoms with E-state index in [4.69, 9.17) is 4.74 Å². The third-order valence-corrected chi connectivity index (χ3v) is 3.95. The molecule has 20 heavy (non-hydrogen) atoms. The van der Waals surface area contributed by atoms with Crippen LogP contribution in [0.1, 0.15) is 44.2 Å². The number of allylic oxidation sites excluding steroid dienone is 1. The Bertz CT molecular complexity index is 482. The first-order valence-electron chi connectivity index (χ1n) is 7.42. The first-order chi connectivity index (χ1) is 9.56. The van der Waals surface area contributed by atoms with Gasteiger partial charge in [-0.2, -0.15) is 0 Å². The summed E-state index contributed by atoms with van der Waals surface area (Å²) in [7, 11) is 0. The van der Waals surface area contributed by atoms with Crippen LogP contribution in [0.4, 0.5) is 0 Å². The van der Waals surface area contributed by atoms with Crippen molar-refractivity contribution in [1.29, 1.82) is 0 Å². The van der Waals surface area contributed by atoms with Gasteiger partial charge < -0.3 is 10.1 Å². The molecule has 1 aliphatic carbocycles. The summed E-state index contributed by atoms with van der Waals surface area (Å²) in [4.78, 5) is 0. The topological polar surface area (TPSA) is 21.3 Å². The van der Waals surface area contributed by atoms with Crippen LogP contribution in [0.2, 0.25) is 0 Å². The van der Waals surface area contributed by atoms with Crippen LogP contribution in [-0.2, 0) is 6.54 Å². The maximum absolute atomic E-state index is 6.26. The standard InChI is InChI=1S/C17H24BrNO/c1-12(2)19-11-14-10-15(18)9-13(3)17(14)20-16-7-5-4-6-8-16/h5,7,9-10,12,16,19H,4,6,8,11H2,1-3H3. The largest absolute Gasteiger partial charge is 0.486 e. The minimum Gasteiger partial charge on any atom is -0.486 e. The molecule has 0 spiro atoms. The molecule has 0 aromatic heterocycles. The third-order valence-electron chi connectivity index (χ3n) is 3.50. The van der Waals surface area contributed by atoms with Crippen LogP contribution in [0.5, 0.6) is 5.75 Å². The van der Waals surface area contributed by atoms with Gasteiger partial charge in [0, 0.05) is 22.6 Å². The molecule has 1 aromatic rings. The minimum atomic E-state index is 0.224. The zero-order valence-corrected chi connectivity index (χ0v) is 14.2. The predicted octanol–water partition coefficient (Wildman–Crippen LogP) is 4.74. The van der Waals surface area contributed by atoms with Gasteiger partial charge in [0.2, 0.25) is 0 Å². The van der Waals surface area contributed by atoms with E-state index in [2.05, 4.69) is 66.3 Å².